The van der Waals surface area contributed by atoms with E-state index in [9.17, 15) is 4.39 Å². The van der Waals surface area contributed by atoms with Crippen LogP contribution < -0.4 is 11.2 Å². The monoisotopic (exact) mass is 274 g/mol. The van der Waals surface area contributed by atoms with Crippen LogP contribution in [0.25, 0.3) is 11.4 Å². The Hall–Kier alpha value is -2.53. The topological polar surface area (TPSA) is 92.6 Å². The summed E-state index contributed by atoms with van der Waals surface area (Å²) in [5, 5.41) is 17.4. The van der Waals surface area contributed by atoms with Gasteiger partial charge in [0.2, 0.25) is 5.16 Å². The lowest BCUT2D eigenvalue weighted by atomic mass is 10.2. The van der Waals surface area contributed by atoms with Crippen molar-refractivity contribution in [1.29, 1.82) is 5.26 Å². The van der Waals surface area contributed by atoms with Crippen LogP contribution >= 0.6 is 11.8 Å². The SMILES string of the molecule is N#CC1=C(N)Nn2c(nnc2-c2ccc(F)cc2)S1. The van der Waals surface area contributed by atoms with Crippen LogP contribution in [0.1, 0.15) is 0 Å². The molecule has 0 amide bonds. The summed E-state index contributed by atoms with van der Waals surface area (Å²) in [5.74, 6) is 0.418. The molecule has 1 aliphatic heterocycles. The van der Waals surface area contributed by atoms with Crippen molar-refractivity contribution in [2.45, 2.75) is 5.16 Å². The van der Waals surface area contributed by atoms with Gasteiger partial charge in [-0.25, -0.2) is 9.07 Å². The summed E-state index contributed by atoms with van der Waals surface area (Å²) < 4.78 is 14.5. The Balaban J connectivity index is 2.04. The fourth-order valence-electron chi connectivity index (χ4n) is 1.62. The lowest BCUT2D eigenvalue weighted by Gasteiger charge is -2.17. The lowest BCUT2D eigenvalue weighted by Crippen LogP contribution is -2.25. The third-order valence-electron chi connectivity index (χ3n) is 2.51. The molecule has 6 nitrogen and oxygen atoms in total. The maximum absolute atomic E-state index is 12.9. The number of benzene rings is 1. The number of nitrogens with one attached hydrogen (secondary N) is 1. The molecule has 0 fully saturated rings. The quantitative estimate of drug-likeness (QED) is 0.816. The highest BCUT2D eigenvalue weighted by molar-refractivity contribution is 8.03. The van der Waals surface area contributed by atoms with Crippen molar-refractivity contribution in [1.82, 2.24) is 14.9 Å². The van der Waals surface area contributed by atoms with Crippen molar-refractivity contribution < 1.29 is 4.39 Å². The molecule has 0 unspecified atom stereocenters. The minimum absolute atomic E-state index is 0.239. The number of thioether (sulfide) groups is 1. The van der Waals surface area contributed by atoms with Gasteiger partial charge in [0.05, 0.1) is 0 Å². The molecule has 0 spiro atoms. The van der Waals surface area contributed by atoms with Crippen LogP contribution in [-0.4, -0.2) is 14.9 Å². The standard InChI is InChI=1S/C11H7FN6S/c12-7-3-1-6(2-4-7)10-15-16-11-18(10)17-9(14)8(5-13)19-11/h1-4,17H,14H2. The van der Waals surface area contributed by atoms with Crippen molar-refractivity contribution in [3.05, 3.63) is 40.8 Å². The van der Waals surface area contributed by atoms with E-state index in [0.717, 1.165) is 11.8 Å². The summed E-state index contributed by atoms with van der Waals surface area (Å²) in [7, 11) is 0. The number of halogens is 1. The Morgan fingerprint density at radius 1 is 1.32 bits per heavy atom. The smallest absolute Gasteiger partial charge is 0.216 e. The van der Waals surface area contributed by atoms with E-state index in [1.807, 2.05) is 6.07 Å². The summed E-state index contributed by atoms with van der Waals surface area (Å²) in [4.78, 5) is 0.338. The molecule has 3 N–H and O–H groups in total. The lowest BCUT2D eigenvalue weighted by molar-refractivity contribution is 0.628. The highest BCUT2D eigenvalue weighted by atomic mass is 32.2. The van der Waals surface area contributed by atoms with E-state index in [2.05, 4.69) is 15.6 Å². The number of allylic oxidation sites excluding steroid dienone is 1. The molecule has 19 heavy (non-hydrogen) atoms. The molecule has 0 bridgehead atoms. The molecular formula is C11H7FN6S. The average Bonchev–Trinajstić information content (AvgIpc) is 2.81. The van der Waals surface area contributed by atoms with Gasteiger partial charge in [-0.2, -0.15) is 5.26 Å². The normalized spacial score (nSPS) is 13.7. The Morgan fingerprint density at radius 2 is 2.05 bits per heavy atom. The highest BCUT2D eigenvalue weighted by Crippen LogP contribution is 2.31. The van der Waals surface area contributed by atoms with E-state index in [-0.39, 0.29) is 11.6 Å². The molecule has 94 valence electrons. The van der Waals surface area contributed by atoms with E-state index >= 15 is 0 Å². The first kappa shape index (κ1) is 11.6. The Morgan fingerprint density at radius 3 is 2.74 bits per heavy atom. The molecule has 0 saturated heterocycles. The Kier molecular flexibility index (Phi) is 2.61. The van der Waals surface area contributed by atoms with Gasteiger partial charge >= 0.3 is 0 Å². The molecule has 0 atom stereocenters. The molecule has 1 aromatic heterocycles. The number of nitrogens with two attached hydrogens (primary N) is 1. The van der Waals surface area contributed by atoms with Gasteiger partial charge < -0.3 is 5.73 Å². The largest absolute Gasteiger partial charge is 0.383 e. The van der Waals surface area contributed by atoms with E-state index in [1.165, 1.54) is 12.1 Å². The number of nitriles is 1. The molecule has 0 radical (unpaired) electrons. The minimum Gasteiger partial charge on any atom is -0.383 e. The highest BCUT2D eigenvalue weighted by Gasteiger charge is 2.22. The molecule has 3 rings (SSSR count). The number of nitrogens with zero attached hydrogens (tertiary/aromatic N) is 4. The summed E-state index contributed by atoms with van der Waals surface area (Å²) in [6.45, 7) is 0. The van der Waals surface area contributed by atoms with Crippen LogP contribution in [0.15, 0.2) is 40.1 Å². The molecule has 1 aromatic carbocycles. The average molecular weight is 274 g/mol. The van der Waals surface area contributed by atoms with E-state index in [4.69, 9.17) is 11.0 Å². The number of aromatic nitrogens is 3. The third kappa shape index (κ3) is 1.90. The Labute approximate surface area is 111 Å². The third-order valence-corrected chi connectivity index (χ3v) is 3.47. The first-order chi connectivity index (χ1) is 9.19. The van der Waals surface area contributed by atoms with Crippen LogP contribution in [-0.2, 0) is 0 Å². The molecule has 8 heteroatoms. The molecule has 0 saturated carbocycles. The van der Waals surface area contributed by atoms with Gasteiger partial charge in [0.15, 0.2) is 5.82 Å². The second kappa shape index (κ2) is 4.29. The summed E-state index contributed by atoms with van der Waals surface area (Å²) >= 11 is 1.13. The molecule has 2 aromatic rings. The number of fused-ring (bicyclic) bond motifs is 1. The van der Waals surface area contributed by atoms with Crippen molar-refractivity contribution in [3.63, 3.8) is 0 Å². The fourth-order valence-corrected chi connectivity index (χ4v) is 2.31. The maximum atomic E-state index is 12.9. The van der Waals surface area contributed by atoms with Gasteiger partial charge in [-0.3, -0.25) is 5.43 Å². The van der Waals surface area contributed by atoms with Crippen molar-refractivity contribution in [3.8, 4) is 17.5 Å². The van der Waals surface area contributed by atoms with Crippen LogP contribution in [0, 0.1) is 17.1 Å². The van der Waals surface area contributed by atoms with Crippen LogP contribution in [0.2, 0.25) is 0 Å². The Bertz CT molecular complexity index is 712. The van der Waals surface area contributed by atoms with Crippen molar-refractivity contribution in [2.24, 2.45) is 5.73 Å². The predicted octanol–water partition coefficient (Wildman–Crippen LogP) is 1.38. The first-order valence-electron chi connectivity index (χ1n) is 5.25. The summed E-state index contributed by atoms with van der Waals surface area (Å²) in [5.41, 5.74) is 9.25. The number of hydrogen-bond donors (Lipinski definition) is 2. The second-order valence-corrected chi connectivity index (χ2v) is 4.69. The summed E-state index contributed by atoms with van der Waals surface area (Å²) in [6.07, 6.45) is 0. The molecule has 0 aliphatic carbocycles. The van der Waals surface area contributed by atoms with Crippen LogP contribution in [0.4, 0.5) is 4.39 Å². The first-order valence-corrected chi connectivity index (χ1v) is 6.07. The minimum atomic E-state index is -0.323. The molecule has 2 heterocycles. The van der Waals surface area contributed by atoms with Crippen molar-refractivity contribution in [2.75, 3.05) is 5.43 Å². The van der Waals surface area contributed by atoms with Gasteiger partial charge in [0.1, 0.15) is 22.6 Å². The van der Waals surface area contributed by atoms with E-state index in [0.29, 0.717) is 21.4 Å². The zero-order valence-corrected chi connectivity index (χ0v) is 10.3. The maximum Gasteiger partial charge on any atom is 0.216 e. The van der Waals surface area contributed by atoms with E-state index < -0.39 is 0 Å². The van der Waals surface area contributed by atoms with Gasteiger partial charge in [-0.15, -0.1) is 10.2 Å². The molecule has 1 aliphatic rings. The summed E-state index contributed by atoms with van der Waals surface area (Å²) in [6, 6.07) is 7.85. The van der Waals surface area contributed by atoms with Crippen LogP contribution in [0.3, 0.4) is 0 Å². The van der Waals surface area contributed by atoms with Gasteiger partial charge in [0.25, 0.3) is 0 Å². The molecular weight excluding hydrogens is 267 g/mol. The fraction of sp³-hybridized carbons (Fsp3) is 0. The van der Waals surface area contributed by atoms with Gasteiger partial charge in [-0.05, 0) is 36.0 Å². The zero-order valence-electron chi connectivity index (χ0n) is 9.46. The van der Waals surface area contributed by atoms with Crippen LogP contribution in [0.5, 0.6) is 0 Å². The van der Waals surface area contributed by atoms with Gasteiger partial charge in [0, 0.05) is 5.56 Å². The van der Waals surface area contributed by atoms with E-state index in [1.54, 1.807) is 16.8 Å². The predicted molar refractivity (Wildman–Crippen MR) is 67.5 cm³/mol. The van der Waals surface area contributed by atoms with Gasteiger partial charge in [-0.1, -0.05) is 0 Å². The number of rotatable bonds is 1. The second-order valence-electron chi connectivity index (χ2n) is 3.72. The number of hydrogen-bond acceptors (Lipinski definition) is 6. The zero-order chi connectivity index (χ0) is 13.4. The van der Waals surface area contributed by atoms with Crippen molar-refractivity contribution >= 4 is 11.8 Å².